The third kappa shape index (κ3) is 2.20. The van der Waals surface area contributed by atoms with Crippen LogP contribution in [0.15, 0.2) is 33.9 Å². The summed E-state index contributed by atoms with van der Waals surface area (Å²) in [6, 6.07) is 6.96. The quantitative estimate of drug-likeness (QED) is 0.851. The molecule has 106 valence electrons. The molecule has 3 rings (SSSR count). The Morgan fingerprint density at radius 1 is 1.15 bits per heavy atom. The molecule has 1 aromatic carbocycles. The summed E-state index contributed by atoms with van der Waals surface area (Å²) in [6.07, 6.45) is 4.48. The lowest BCUT2D eigenvalue weighted by atomic mass is 9.88. The van der Waals surface area contributed by atoms with Crippen LogP contribution in [0, 0.1) is 5.41 Å². The van der Waals surface area contributed by atoms with Crippen LogP contribution in [0.1, 0.15) is 25.7 Å². The third-order valence-electron chi connectivity index (χ3n) is 4.38. The Kier molecular flexibility index (Phi) is 3.46. The van der Waals surface area contributed by atoms with Crippen molar-refractivity contribution in [1.29, 1.82) is 0 Å². The average molecular weight is 290 g/mol. The van der Waals surface area contributed by atoms with Crippen molar-refractivity contribution < 1.29 is 0 Å². The minimum atomic E-state index is -0.201. The van der Waals surface area contributed by atoms with Gasteiger partial charge in [-0.3, -0.25) is 14.7 Å². The van der Waals surface area contributed by atoms with Crippen LogP contribution in [0.2, 0.25) is 0 Å². The molecule has 0 unspecified atom stereocenters. The summed E-state index contributed by atoms with van der Waals surface area (Å²) < 4.78 is 1.48. The van der Waals surface area contributed by atoms with E-state index in [0.717, 1.165) is 18.6 Å². The number of aromatic amines is 1. The average Bonchev–Trinajstić information content (AvgIpc) is 2.94. The van der Waals surface area contributed by atoms with Crippen molar-refractivity contribution in [2.45, 2.75) is 32.2 Å². The predicted molar refractivity (Wildman–Crippen MR) is 83.6 cm³/mol. The maximum atomic E-state index is 12.5. The zero-order valence-corrected chi connectivity index (χ0v) is 12.2. The Hall–Kier alpha value is -1.49. The van der Waals surface area contributed by atoms with E-state index in [2.05, 4.69) is 17.7 Å². The van der Waals surface area contributed by atoms with Gasteiger partial charge in [-0.1, -0.05) is 25.0 Å². The summed E-state index contributed by atoms with van der Waals surface area (Å²) in [7, 11) is 0. The summed E-state index contributed by atoms with van der Waals surface area (Å²) in [5.41, 5.74) is -0.279. The van der Waals surface area contributed by atoms with Gasteiger partial charge in [-0.15, -0.1) is 0 Å². The molecule has 1 N–H and O–H groups in total. The third-order valence-corrected chi connectivity index (χ3v) is 5.05. The topological polar surface area (TPSA) is 54.9 Å². The Morgan fingerprint density at radius 3 is 2.45 bits per heavy atom. The maximum absolute atomic E-state index is 12.5. The van der Waals surface area contributed by atoms with Crippen LogP contribution in [0.4, 0.5) is 0 Å². The molecule has 1 aliphatic carbocycles. The van der Waals surface area contributed by atoms with E-state index in [1.807, 2.05) is 0 Å². The summed E-state index contributed by atoms with van der Waals surface area (Å²) in [6.45, 7) is 0.551. The number of rotatable bonds is 3. The van der Waals surface area contributed by atoms with Crippen LogP contribution in [0.25, 0.3) is 10.8 Å². The van der Waals surface area contributed by atoms with Crippen LogP contribution in [-0.2, 0) is 6.54 Å². The number of thiol groups is 1. The molecule has 20 heavy (non-hydrogen) atoms. The first-order chi connectivity index (χ1) is 9.65. The highest BCUT2D eigenvalue weighted by Crippen LogP contribution is 2.39. The minimum Gasteiger partial charge on any atom is -0.267 e. The number of nitrogens with zero attached hydrogens (tertiary/aromatic N) is 1. The largest absolute Gasteiger partial charge is 0.273 e. The standard InChI is InChI=1S/C15H18N2O2S/c18-13-11-5-1-2-6-12(11)14(19)17(16-13)9-15(10-20)7-3-4-8-15/h1-2,5-6,20H,3-4,7-10H2,(H,16,18). The number of aromatic nitrogens is 2. The molecule has 0 amide bonds. The van der Waals surface area contributed by atoms with Crippen LogP contribution in [0.3, 0.4) is 0 Å². The molecule has 0 bridgehead atoms. The summed E-state index contributed by atoms with van der Waals surface area (Å²) >= 11 is 4.46. The second-order valence-electron chi connectivity index (χ2n) is 5.74. The van der Waals surface area contributed by atoms with Gasteiger partial charge in [0.15, 0.2) is 0 Å². The maximum Gasteiger partial charge on any atom is 0.273 e. The zero-order chi connectivity index (χ0) is 14.2. The van der Waals surface area contributed by atoms with E-state index >= 15 is 0 Å². The lowest BCUT2D eigenvalue weighted by molar-refractivity contribution is 0.270. The first kappa shape index (κ1) is 13.5. The molecule has 0 radical (unpaired) electrons. The fraction of sp³-hybridized carbons (Fsp3) is 0.467. The molecule has 0 spiro atoms. The molecule has 1 saturated carbocycles. The van der Waals surface area contributed by atoms with Crippen molar-refractivity contribution in [3.63, 3.8) is 0 Å². The van der Waals surface area contributed by atoms with Crippen LogP contribution < -0.4 is 11.1 Å². The molecule has 1 aromatic heterocycles. The van der Waals surface area contributed by atoms with E-state index in [4.69, 9.17) is 0 Å². The van der Waals surface area contributed by atoms with E-state index in [1.54, 1.807) is 24.3 Å². The monoisotopic (exact) mass is 290 g/mol. The lowest BCUT2D eigenvalue weighted by Gasteiger charge is -2.27. The van der Waals surface area contributed by atoms with Crippen LogP contribution in [-0.4, -0.2) is 15.5 Å². The fourth-order valence-corrected chi connectivity index (χ4v) is 3.60. The van der Waals surface area contributed by atoms with Crippen molar-refractivity contribution in [3.05, 3.63) is 45.0 Å². The summed E-state index contributed by atoms with van der Waals surface area (Å²) in [4.78, 5) is 24.6. The number of hydrogen-bond donors (Lipinski definition) is 2. The summed E-state index contributed by atoms with van der Waals surface area (Å²) in [5.74, 6) is 0.744. The van der Waals surface area contributed by atoms with Crippen molar-refractivity contribution in [2.75, 3.05) is 5.75 Å². The molecule has 5 heteroatoms. The van der Waals surface area contributed by atoms with E-state index < -0.39 is 0 Å². The van der Waals surface area contributed by atoms with E-state index in [0.29, 0.717) is 17.3 Å². The molecule has 1 aliphatic rings. The van der Waals surface area contributed by atoms with Gasteiger partial charge in [-0.05, 0) is 36.1 Å². The second-order valence-corrected chi connectivity index (χ2v) is 6.06. The Morgan fingerprint density at radius 2 is 1.80 bits per heavy atom. The Bertz CT molecular complexity index is 741. The minimum absolute atomic E-state index is 0.0400. The summed E-state index contributed by atoms with van der Waals surface area (Å²) in [5, 5.41) is 3.67. The van der Waals surface area contributed by atoms with Crippen molar-refractivity contribution >= 4 is 23.4 Å². The predicted octanol–water partition coefficient (Wildman–Crippen LogP) is 2.18. The number of fused-ring (bicyclic) bond motifs is 1. The molecule has 1 fully saturated rings. The van der Waals surface area contributed by atoms with E-state index in [-0.39, 0.29) is 16.5 Å². The van der Waals surface area contributed by atoms with Gasteiger partial charge in [-0.25, -0.2) is 4.68 Å². The number of H-pyrrole nitrogens is 1. The van der Waals surface area contributed by atoms with Crippen LogP contribution in [0.5, 0.6) is 0 Å². The lowest BCUT2D eigenvalue weighted by Crippen LogP contribution is -2.36. The van der Waals surface area contributed by atoms with Gasteiger partial charge < -0.3 is 0 Å². The molecular formula is C15H18N2O2S. The SMILES string of the molecule is O=c1[nH]n(CC2(CS)CCCC2)c(=O)c2ccccc12. The van der Waals surface area contributed by atoms with Gasteiger partial charge in [0.2, 0.25) is 0 Å². The van der Waals surface area contributed by atoms with Crippen molar-refractivity contribution in [1.82, 2.24) is 9.78 Å². The zero-order valence-electron chi connectivity index (χ0n) is 11.3. The van der Waals surface area contributed by atoms with E-state index in [9.17, 15) is 9.59 Å². The number of hydrogen-bond acceptors (Lipinski definition) is 3. The molecule has 0 aliphatic heterocycles. The van der Waals surface area contributed by atoms with Crippen LogP contribution >= 0.6 is 12.6 Å². The number of nitrogens with one attached hydrogen (secondary N) is 1. The highest BCUT2D eigenvalue weighted by Gasteiger charge is 2.33. The van der Waals surface area contributed by atoms with Gasteiger partial charge >= 0.3 is 0 Å². The molecule has 2 aromatic rings. The molecule has 0 saturated heterocycles. The second kappa shape index (κ2) is 5.13. The Balaban J connectivity index is 2.11. The fourth-order valence-electron chi connectivity index (χ4n) is 3.18. The van der Waals surface area contributed by atoms with Crippen molar-refractivity contribution in [2.24, 2.45) is 5.41 Å². The van der Waals surface area contributed by atoms with Crippen molar-refractivity contribution in [3.8, 4) is 0 Å². The van der Waals surface area contributed by atoms with Gasteiger partial charge in [0.25, 0.3) is 11.1 Å². The molecule has 4 nitrogen and oxygen atoms in total. The van der Waals surface area contributed by atoms with Gasteiger partial charge in [0, 0.05) is 6.54 Å². The van der Waals surface area contributed by atoms with Gasteiger partial charge in [0.1, 0.15) is 0 Å². The highest BCUT2D eigenvalue weighted by molar-refractivity contribution is 7.80. The Labute approximate surface area is 122 Å². The first-order valence-corrected chi connectivity index (χ1v) is 7.61. The first-order valence-electron chi connectivity index (χ1n) is 6.98. The van der Waals surface area contributed by atoms with E-state index in [1.165, 1.54) is 17.5 Å². The number of benzene rings is 1. The molecule has 0 atom stereocenters. The molecular weight excluding hydrogens is 272 g/mol. The smallest absolute Gasteiger partial charge is 0.267 e. The normalized spacial score (nSPS) is 17.6. The van der Waals surface area contributed by atoms with Gasteiger partial charge in [-0.2, -0.15) is 12.6 Å². The molecule has 1 heterocycles. The highest BCUT2D eigenvalue weighted by atomic mass is 32.1. The van der Waals surface area contributed by atoms with Gasteiger partial charge in [0.05, 0.1) is 10.8 Å².